The van der Waals surface area contributed by atoms with Gasteiger partial charge in [0.25, 0.3) is 0 Å². The molecule has 0 aliphatic rings. The van der Waals surface area contributed by atoms with Crippen LogP contribution in [0, 0.1) is 5.82 Å². The summed E-state index contributed by atoms with van der Waals surface area (Å²) in [6.07, 6.45) is 1.74. The van der Waals surface area contributed by atoms with Crippen LogP contribution >= 0.6 is 27.5 Å². The van der Waals surface area contributed by atoms with Gasteiger partial charge in [-0.1, -0.05) is 23.7 Å². The van der Waals surface area contributed by atoms with Crippen LogP contribution in [-0.2, 0) is 13.2 Å². The Labute approximate surface area is 152 Å². The molecule has 0 N–H and O–H groups in total. The second-order valence-electron chi connectivity index (χ2n) is 5.64. The largest absolute Gasteiger partial charge is 0.333 e. The van der Waals surface area contributed by atoms with Crippen LogP contribution in [0.25, 0.3) is 10.9 Å². The van der Waals surface area contributed by atoms with E-state index in [0.29, 0.717) is 29.2 Å². The van der Waals surface area contributed by atoms with Gasteiger partial charge in [-0.05, 0) is 47.2 Å². The van der Waals surface area contributed by atoms with Crippen LogP contribution in [0.15, 0.2) is 57.9 Å². The zero-order valence-corrected chi connectivity index (χ0v) is 15.3. The van der Waals surface area contributed by atoms with E-state index in [-0.39, 0.29) is 11.2 Å². The maximum Gasteiger partial charge on any atom is 0.189 e. The number of benzene rings is 2. The third-order valence-electron chi connectivity index (χ3n) is 3.83. The van der Waals surface area contributed by atoms with E-state index in [1.807, 2.05) is 28.6 Å². The summed E-state index contributed by atoms with van der Waals surface area (Å²) in [6, 6.07) is 11.7. The number of para-hydroxylation sites is 1. The fourth-order valence-electron chi connectivity index (χ4n) is 2.71. The Morgan fingerprint density at radius 1 is 1.21 bits per heavy atom. The lowest BCUT2D eigenvalue weighted by atomic mass is 10.2. The Kier molecular flexibility index (Phi) is 5.04. The minimum atomic E-state index is -0.319. The Balaban J connectivity index is 1.93. The molecular formula is C18H15BrClFN2O. The summed E-state index contributed by atoms with van der Waals surface area (Å²) in [5.41, 5.74) is 1.25. The molecule has 3 nitrogen and oxygen atoms in total. The van der Waals surface area contributed by atoms with E-state index in [1.165, 1.54) is 6.07 Å². The molecule has 0 spiro atoms. The first-order chi connectivity index (χ1) is 11.5. The van der Waals surface area contributed by atoms with Crippen LogP contribution in [0.1, 0.15) is 5.56 Å². The summed E-state index contributed by atoms with van der Waals surface area (Å²) >= 11 is 9.60. The minimum Gasteiger partial charge on any atom is -0.333 e. The van der Waals surface area contributed by atoms with E-state index in [1.54, 1.807) is 30.5 Å². The number of hydrogen-bond acceptors (Lipinski definition) is 2. The quantitative estimate of drug-likeness (QED) is 0.627. The fraction of sp³-hybridized carbons (Fsp3) is 0.167. The number of pyridine rings is 1. The minimum absolute atomic E-state index is 0.0256. The molecule has 6 heteroatoms. The molecule has 1 aromatic heterocycles. The molecular weight excluding hydrogens is 395 g/mol. The van der Waals surface area contributed by atoms with E-state index in [0.717, 1.165) is 9.99 Å². The van der Waals surface area contributed by atoms with Gasteiger partial charge in [-0.15, -0.1) is 0 Å². The predicted octanol–water partition coefficient (Wildman–Crippen LogP) is 4.65. The molecule has 3 aromatic rings. The van der Waals surface area contributed by atoms with Crippen molar-refractivity contribution in [2.45, 2.75) is 13.2 Å². The first-order valence-electron chi connectivity index (χ1n) is 7.36. The van der Waals surface area contributed by atoms with Gasteiger partial charge in [-0.3, -0.25) is 9.69 Å². The molecule has 0 fully saturated rings. The number of nitrogens with zero attached hydrogens (tertiary/aromatic N) is 2. The fourth-order valence-corrected chi connectivity index (χ4v) is 3.53. The Hall–Kier alpha value is -1.69. The summed E-state index contributed by atoms with van der Waals surface area (Å²) in [7, 11) is 1.88. The van der Waals surface area contributed by atoms with Gasteiger partial charge >= 0.3 is 0 Å². The molecule has 0 unspecified atom stereocenters. The molecule has 2 aromatic carbocycles. The van der Waals surface area contributed by atoms with Crippen molar-refractivity contribution >= 4 is 38.4 Å². The number of fused-ring (bicyclic) bond motifs is 1. The molecule has 3 rings (SSSR count). The highest BCUT2D eigenvalue weighted by molar-refractivity contribution is 9.10. The maximum absolute atomic E-state index is 14.0. The zero-order chi connectivity index (χ0) is 17.3. The monoisotopic (exact) mass is 408 g/mol. The van der Waals surface area contributed by atoms with Crippen molar-refractivity contribution < 1.29 is 4.39 Å². The van der Waals surface area contributed by atoms with Crippen molar-refractivity contribution in [3.8, 4) is 0 Å². The maximum atomic E-state index is 14.0. The Morgan fingerprint density at radius 3 is 2.71 bits per heavy atom. The normalized spacial score (nSPS) is 11.4. The van der Waals surface area contributed by atoms with Crippen molar-refractivity contribution in [1.29, 1.82) is 0 Å². The molecule has 0 saturated carbocycles. The smallest absolute Gasteiger partial charge is 0.189 e. The van der Waals surface area contributed by atoms with E-state index < -0.39 is 0 Å². The van der Waals surface area contributed by atoms with E-state index in [2.05, 4.69) is 15.9 Å². The summed E-state index contributed by atoms with van der Waals surface area (Å²) in [4.78, 5) is 14.0. The summed E-state index contributed by atoms with van der Waals surface area (Å²) in [5.74, 6) is -0.319. The third kappa shape index (κ3) is 3.38. The average Bonchev–Trinajstić information content (AvgIpc) is 2.54. The van der Waals surface area contributed by atoms with Gasteiger partial charge < -0.3 is 4.57 Å². The van der Waals surface area contributed by atoms with E-state index in [4.69, 9.17) is 11.6 Å². The number of hydrogen-bond donors (Lipinski definition) is 0. The van der Waals surface area contributed by atoms with Crippen molar-refractivity contribution in [3.05, 3.63) is 79.8 Å². The van der Waals surface area contributed by atoms with Gasteiger partial charge in [0.1, 0.15) is 5.82 Å². The second-order valence-corrected chi connectivity index (χ2v) is 6.90. The van der Waals surface area contributed by atoms with Crippen LogP contribution < -0.4 is 5.43 Å². The lowest BCUT2D eigenvalue weighted by molar-refractivity contribution is 0.260. The number of rotatable bonds is 4. The summed E-state index contributed by atoms with van der Waals surface area (Å²) in [5, 5.41) is 1.05. The van der Waals surface area contributed by atoms with Crippen LogP contribution in [0.4, 0.5) is 4.39 Å². The highest BCUT2D eigenvalue weighted by Gasteiger charge is 2.12. The lowest BCUT2D eigenvalue weighted by Gasteiger charge is -2.21. The molecule has 0 radical (unpaired) electrons. The molecule has 0 aliphatic heterocycles. The van der Waals surface area contributed by atoms with Crippen molar-refractivity contribution in [2.75, 3.05) is 7.05 Å². The average molecular weight is 410 g/mol. The molecule has 0 bridgehead atoms. The Bertz CT molecular complexity index is 937. The summed E-state index contributed by atoms with van der Waals surface area (Å²) in [6.45, 7) is 0.855. The van der Waals surface area contributed by atoms with Gasteiger partial charge in [0.15, 0.2) is 5.43 Å². The van der Waals surface area contributed by atoms with Crippen LogP contribution in [0.3, 0.4) is 0 Å². The SMILES string of the molecule is CN(Cc1c(F)cccc1Cl)Cn1ccc(=O)c2cccc(Br)c21. The van der Waals surface area contributed by atoms with Crippen LogP contribution in [-0.4, -0.2) is 16.5 Å². The summed E-state index contributed by atoms with van der Waals surface area (Å²) < 4.78 is 16.7. The first-order valence-corrected chi connectivity index (χ1v) is 8.53. The second kappa shape index (κ2) is 7.05. The van der Waals surface area contributed by atoms with E-state index in [9.17, 15) is 9.18 Å². The third-order valence-corrected chi connectivity index (χ3v) is 4.82. The molecule has 0 atom stereocenters. The highest BCUT2D eigenvalue weighted by Crippen LogP contribution is 2.23. The molecule has 124 valence electrons. The molecule has 24 heavy (non-hydrogen) atoms. The zero-order valence-electron chi connectivity index (χ0n) is 13.0. The van der Waals surface area contributed by atoms with Gasteiger partial charge in [-0.2, -0.15) is 0 Å². The number of halogens is 3. The molecule has 1 heterocycles. The van der Waals surface area contributed by atoms with Crippen LogP contribution in [0.2, 0.25) is 5.02 Å². The standard InChI is InChI=1S/C18H15BrClFN2O/c1-22(10-13-15(20)6-3-7-16(13)21)11-23-9-8-17(24)12-4-2-5-14(19)18(12)23/h2-9H,10-11H2,1H3. The van der Waals surface area contributed by atoms with Gasteiger partial charge in [-0.25, -0.2) is 4.39 Å². The lowest BCUT2D eigenvalue weighted by Crippen LogP contribution is -2.23. The Morgan fingerprint density at radius 2 is 1.96 bits per heavy atom. The van der Waals surface area contributed by atoms with Crippen molar-refractivity contribution in [3.63, 3.8) is 0 Å². The molecule has 0 amide bonds. The van der Waals surface area contributed by atoms with Crippen LogP contribution in [0.5, 0.6) is 0 Å². The van der Waals surface area contributed by atoms with Crippen molar-refractivity contribution in [2.24, 2.45) is 0 Å². The van der Waals surface area contributed by atoms with Crippen molar-refractivity contribution in [1.82, 2.24) is 9.47 Å². The molecule has 0 saturated heterocycles. The van der Waals surface area contributed by atoms with Gasteiger partial charge in [0.2, 0.25) is 0 Å². The van der Waals surface area contributed by atoms with Gasteiger partial charge in [0.05, 0.1) is 12.2 Å². The topological polar surface area (TPSA) is 25.2 Å². The molecule has 0 aliphatic carbocycles. The number of aromatic nitrogens is 1. The van der Waals surface area contributed by atoms with Gasteiger partial charge in [0, 0.05) is 39.3 Å². The predicted molar refractivity (Wildman–Crippen MR) is 98.8 cm³/mol. The van der Waals surface area contributed by atoms with E-state index >= 15 is 0 Å². The first kappa shape index (κ1) is 17.1. The highest BCUT2D eigenvalue weighted by atomic mass is 79.9.